The number of nitriles is 1. The summed E-state index contributed by atoms with van der Waals surface area (Å²) in [6.45, 7) is 37.9. The number of aromatic carboxylic acids is 2. The van der Waals surface area contributed by atoms with E-state index < -0.39 is 65.3 Å². The fraction of sp³-hybridized carbons (Fsp3) is 0.273. The summed E-state index contributed by atoms with van der Waals surface area (Å²) in [7, 11) is -1.81. The average molecular weight is 2070 g/mol. The minimum atomic E-state index is -1.44. The van der Waals surface area contributed by atoms with Gasteiger partial charge in [0.05, 0.1) is 74.0 Å². The Bertz CT molecular complexity index is 5570. The van der Waals surface area contributed by atoms with E-state index in [0.29, 0.717) is 87.7 Å². The number of alkyl halides is 1. The van der Waals surface area contributed by atoms with Crippen molar-refractivity contribution in [2.75, 3.05) is 35.3 Å². The van der Waals surface area contributed by atoms with Gasteiger partial charge in [-0.05, 0) is 201 Å². The monoisotopic (exact) mass is 2070 g/mol. The Labute approximate surface area is 823 Å². The summed E-state index contributed by atoms with van der Waals surface area (Å²) in [5.41, 5.74) is 4.98. The zero-order valence-electron chi connectivity index (χ0n) is 71.4. The van der Waals surface area contributed by atoms with Crippen molar-refractivity contribution in [3.8, 4) is 40.6 Å². The Morgan fingerprint density at radius 3 is 1.41 bits per heavy atom. The van der Waals surface area contributed by atoms with Crippen molar-refractivity contribution in [3.63, 3.8) is 0 Å². The topological polar surface area (TPSA) is 440 Å². The number of carbonyl (C=O) groups excluding carboxylic acids is 3. The van der Waals surface area contributed by atoms with Crippen molar-refractivity contribution in [2.45, 2.75) is 159 Å². The van der Waals surface area contributed by atoms with E-state index in [1.165, 1.54) is 107 Å². The first kappa shape index (κ1) is 115. The summed E-state index contributed by atoms with van der Waals surface area (Å²) in [6, 6.07) is 51.8. The van der Waals surface area contributed by atoms with Crippen LogP contribution < -0.4 is 25.9 Å². The predicted molar refractivity (Wildman–Crippen MR) is 524 cm³/mol. The normalized spacial score (nSPS) is 14.5. The Balaban J connectivity index is 0.000000308. The molecule has 44 heteroatoms. The molecule has 132 heavy (non-hydrogen) atoms. The molecule has 9 aromatic rings. The van der Waals surface area contributed by atoms with E-state index in [-0.39, 0.29) is 78.3 Å². The molecule has 10 N–H and O–H groups in total. The molecule has 1 atom stereocenters. The van der Waals surface area contributed by atoms with Crippen LogP contribution in [0, 0.1) is 31.0 Å². The number of aliphatic hydroxyl groups is 1. The first-order valence-corrected chi connectivity index (χ1v) is 47.3. The summed E-state index contributed by atoms with van der Waals surface area (Å²) >= 11 is 21.7. The van der Waals surface area contributed by atoms with E-state index in [1.54, 1.807) is 78.5 Å². The number of carbonyl (C=O) groups is 6. The number of phenols is 4. The number of ether oxygens (including phenoxy) is 3. The molecule has 0 radical (unpaired) electrons. The van der Waals surface area contributed by atoms with Gasteiger partial charge in [-0.1, -0.05) is 137 Å². The number of carboxylic acids is 3. The number of fused-ring (bicyclic) bond motifs is 4. The summed E-state index contributed by atoms with van der Waals surface area (Å²) in [6.07, 6.45) is 4.70. The number of hydrogen-bond acceptors (Lipinski definition) is 32. The number of halogens is 1. The molecule has 1 unspecified atom stereocenters. The Morgan fingerprint density at radius 1 is 0.561 bits per heavy atom. The number of aromatic hydroxyl groups is 4. The Kier molecular flexibility index (Phi) is 51.4. The molecule has 697 valence electrons. The third kappa shape index (κ3) is 37.3. The van der Waals surface area contributed by atoms with Crippen molar-refractivity contribution >= 4 is 207 Å². The van der Waals surface area contributed by atoms with Gasteiger partial charge in [0, 0.05) is 63.5 Å². The summed E-state index contributed by atoms with van der Waals surface area (Å²) in [5.74, 6) is -0.859. The van der Waals surface area contributed by atoms with Gasteiger partial charge in [0.25, 0.3) is 17.6 Å². The van der Waals surface area contributed by atoms with Crippen LogP contribution in [0.5, 0.6) is 34.5 Å². The molecule has 0 saturated carbocycles. The van der Waals surface area contributed by atoms with Gasteiger partial charge in [-0.25, -0.2) is 29.3 Å². The van der Waals surface area contributed by atoms with Crippen molar-refractivity contribution in [3.05, 3.63) is 249 Å². The van der Waals surface area contributed by atoms with E-state index in [0.717, 1.165) is 66.3 Å². The fourth-order valence-corrected chi connectivity index (χ4v) is 16.7. The second kappa shape index (κ2) is 58.9. The van der Waals surface area contributed by atoms with Crippen LogP contribution in [0.3, 0.4) is 0 Å². The molecule has 0 bridgehead atoms. The minimum absolute atomic E-state index is 0.0107. The average Bonchev–Trinajstić information content (AvgIpc) is 1.61. The van der Waals surface area contributed by atoms with E-state index in [4.69, 9.17) is 101 Å². The van der Waals surface area contributed by atoms with Gasteiger partial charge < -0.3 is 98.3 Å². The molecular formula is C88H94B4BrMnN4O25S9-. The molecule has 6 heterocycles. The van der Waals surface area contributed by atoms with Crippen LogP contribution >= 0.6 is 124 Å². The van der Waals surface area contributed by atoms with Crippen molar-refractivity contribution in [1.29, 1.82) is 5.26 Å². The number of aldehydes is 3. The van der Waals surface area contributed by atoms with Gasteiger partial charge in [-0.2, -0.15) is 5.26 Å². The van der Waals surface area contributed by atoms with E-state index in [1.807, 2.05) is 114 Å². The number of phenolic OH excluding ortho intramolecular Hbond substituents is 2. The molecule has 2 saturated heterocycles. The number of thioether (sulfide) groups is 6. The number of aliphatic carboxylic acids is 1. The van der Waals surface area contributed by atoms with Crippen LogP contribution in [-0.2, 0) is 70.5 Å². The third-order valence-electron chi connectivity index (χ3n) is 17.6. The molecule has 0 amide bonds. The van der Waals surface area contributed by atoms with Crippen LogP contribution in [-0.4, -0.2) is 179 Å². The number of benzene rings is 9. The first-order valence-electron chi connectivity index (χ1n) is 38.3. The van der Waals surface area contributed by atoms with Gasteiger partial charge in [0.1, 0.15) is 51.9 Å². The number of aliphatic hydroxyl groups excluding tert-OH is 1. The van der Waals surface area contributed by atoms with Crippen molar-refractivity contribution in [1.82, 2.24) is 0 Å². The molecule has 6 aliphatic rings. The second-order valence-corrected chi connectivity index (χ2v) is 37.6. The molecule has 0 aromatic heterocycles. The number of thiol groups is 3. The predicted octanol–water partition coefficient (Wildman–Crippen LogP) is 15.6. The van der Waals surface area contributed by atoms with Crippen LogP contribution in [0.4, 0.5) is 0 Å². The molecular weight excluding hydrogens is 1980 g/mol. The van der Waals surface area contributed by atoms with Gasteiger partial charge in [-0.3, -0.25) is 19.2 Å². The molecule has 15 rings (SSSR count). The summed E-state index contributed by atoms with van der Waals surface area (Å²) in [4.78, 5) is 79.5. The van der Waals surface area contributed by atoms with Crippen molar-refractivity contribution in [2.24, 2.45) is 0 Å². The Hall–Kier alpha value is -9.15. The van der Waals surface area contributed by atoms with Gasteiger partial charge >= 0.3 is 61.8 Å². The van der Waals surface area contributed by atoms with Crippen molar-refractivity contribution < 1.29 is 135 Å². The quantitative estimate of drug-likeness (QED) is 0.0107. The van der Waals surface area contributed by atoms with Gasteiger partial charge in [-0.15, -0.1) is 49.6 Å². The number of hydrogen-bond donors (Lipinski definition) is 13. The fourth-order valence-electron chi connectivity index (χ4n) is 11.0. The van der Waals surface area contributed by atoms with Crippen LogP contribution in [0.2, 0.25) is 0 Å². The van der Waals surface area contributed by atoms with Crippen LogP contribution in [0.25, 0.3) is 14.5 Å². The zero-order chi connectivity index (χ0) is 98.5. The van der Waals surface area contributed by atoms with E-state index in [2.05, 4.69) is 88.3 Å². The molecule has 9 aromatic carbocycles. The first-order chi connectivity index (χ1) is 62.6. The molecule has 6 aliphatic heterocycles. The standard InChI is InChI=1S/C15H18BNO3S.C10H10O3S.C9H8BNO2S.C9H9BO4S.C9H7NO2S.C9H10OS.C7H6O3S.C7H8O2S.C7H6O2S.C4H10BO.C2H2BrN.Mn.2O/c1-14(2)15(3,4)20-16(19-14)13-11(9-18)7-6-8-12(13)21-10-17-5;1-10(2)13-8-6(9(11)12)4-3-5-7(8)14-10;1-11-6-14-8-4-2-3-7-5-13-10(12)9(7)8;11-8(12)5-15-7-3-1-2-6-4-14-10(13)9(6)7;1-10-6-13-8-4-2-3-7(5-11)9(8)12;1-9(2)10-7-5-3-4-6-8(7)11-9;8-6-4(7(9)10)2-1-3-5(6)11;2*8-4-5-2-1-3-6(10)7(5)9;5-4-2-1-3-6-4;3-1-2-4;;;/h6-9H,10H2,1-4H3;3-5H,1-2H3,(H,11,12);2-4,12H,5-6H2;1-3,13H,4-5H2,(H,11,12);2-5,12H,6H2;3-6H,1-2H3;1-3,8,11H,(H,9,10);1-3,8-10H,4H2;1-4,9-10H;4H,1-3H2,5H3;1H2;;;/q;;;;;;;;;-1;;;;. The number of rotatable bonds is 16. The summed E-state index contributed by atoms with van der Waals surface area (Å²) < 4.78 is 55.6. The Morgan fingerprint density at radius 2 is 0.970 bits per heavy atom. The molecule has 29 nitrogen and oxygen atoms in total. The number of para-hydroxylation sites is 6. The van der Waals surface area contributed by atoms with E-state index in [9.17, 15) is 43.9 Å². The molecule has 0 aliphatic carbocycles. The summed E-state index contributed by atoms with van der Waals surface area (Å²) in [5, 5.41) is 98.6. The zero-order valence-corrected chi connectivity index (χ0v) is 81.8. The third-order valence-corrected chi connectivity index (χ3v) is 25.0. The molecule has 0 spiro atoms. The van der Waals surface area contributed by atoms with Crippen LogP contribution in [0.1, 0.15) is 137 Å². The van der Waals surface area contributed by atoms with Gasteiger partial charge in [0.2, 0.25) is 0 Å². The maximum absolute atomic E-state index is 11.4. The second-order valence-electron chi connectivity index (χ2n) is 28.1. The number of nitrogens with zero attached hydrogens (tertiary/aromatic N) is 4. The number of carboxylic acid groups (broad SMARTS) is 3. The van der Waals surface area contributed by atoms with E-state index >= 15 is 0 Å². The molecule has 2 fully saturated rings. The maximum atomic E-state index is 11.4. The SMILES string of the molecule is CC1(C)Oc2c(cccc2C(=O)O)S1.CC1(C)Oc2ccccc2S1.N#CCBr.O=C(O)CSc1cccc2c1B(O)OC2.O=C(O)c1cccc(S)c1O.O=Cc1cccc(S)c1O.OCc1cccc(S)c1O.[BH3-]C1CCCO1.[C-]#[N+]CSc1cccc(C=O)c1B1OC(C)(C)C(C)(C)O1.[C-]#[N+]CSc1cccc(C=O)c1O.[C-]#[N+]CSc1cccc2c1B(O)OC2.[O]=[Mn]=[O]. The van der Waals surface area contributed by atoms with Crippen LogP contribution in [0.15, 0.2) is 214 Å². The van der Waals surface area contributed by atoms with Gasteiger partial charge in [0.15, 0.2) is 22.4 Å².